The Morgan fingerprint density at radius 1 is 1.43 bits per heavy atom. The van der Waals surface area contributed by atoms with Gasteiger partial charge in [-0.1, -0.05) is 32.0 Å². The summed E-state index contributed by atoms with van der Waals surface area (Å²) in [5.74, 6) is -1.19. The molecule has 0 saturated carbocycles. The van der Waals surface area contributed by atoms with Gasteiger partial charge in [0.05, 0.1) is 16.6 Å². The number of benzene rings is 1. The second-order valence-electron chi connectivity index (χ2n) is 5.49. The maximum Gasteiger partial charge on any atom is 0.307 e. The third-order valence-electron chi connectivity index (χ3n) is 4.05. The van der Waals surface area contributed by atoms with E-state index in [1.54, 1.807) is 19.1 Å². The Bertz CT molecular complexity index is 626. The predicted octanol–water partition coefficient (Wildman–Crippen LogP) is 1.95. The zero-order valence-corrected chi connectivity index (χ0v) is 13.1. The number of carboxylic acids is 1. The van der Waals surface area contributed by atoms with Crippen molar-refractivity contribution in [3.05, 3.63) is 29.8 Å². The van der Waals surface area contributed by atoms with Gasteiger partial charge in [-0.05, 0) is 24.6 Å². The van der Waals surface area contributed by atoms with E-state index in [9.17, 15) is 13.2 Å². The van der Waals surface area contributed by atoms with Gasteiger partial charge in [0.2, 0.25) is 0 Å². The van der Waals surface area contributed by atoms with Crippen molar-refractivity contribution in [3.63, 3.8) is 0 Å². The first-order valence-electron chi connectivity index (χ1n) is 7.15. The van der Waals surface area contributed by atoms with E-state index in [-0.39, 0.29) is 11.8 Å². The molecule has 5 nitrogen and oxygen atoms in total. The molecular weight excluding hydrogens is 290 g/mol. The number of nitrogens with zero attached hydrogens (tertiary/aromatic N) is 1. The van der Waals surface area contributed by atoms with Crippen LogP contribution in [0.15, 0.2) is 29.2 Å². The van der Waals surface area contributed by atoms with Crippen LogP contribution in [-0.2, 0) is 14.6 Å². The fourth-order valence-corrected chi connectivity index (χ4v) is 4.46. The van der Waals surface area contributed by atoms with Gasteiger partial charge in [-0.3, -0.25) is 9.69 Å². The average molecular weight is 311 g/mol. The van der Waals surface area contributed by atoms with E-state index in [1.807, 2.05) is 19.1 Å². The lowest BCUT2D eigenvalue weighted by molar-refractivity contribution is -0.142. The quantitative estimate of drug-likeness (QED) is 0.899. The van der Waals surface area contributed by atoms with Gasteiger partial charge in [0.25, 0.3) is 0 Å². The van der Waals surface area contributed by atoms with Crippen LogP contribution in [0.3, 0.4) is 0 Å². The van der Waals surface area contributed by atoms with Crippen LogP contribution in [0.1, 0.15) is 31.9 Å². The molecule has 1 aliphatic rings. The second kappa shape index (κ2) is 6.15. The number of carbonyl (C=O) groups is 1. The van der Waals surface area contributed by atoms with Crippen LogP contribution < -0.4 is 0 Å². The smallest absolute Gasteiger partial charge is 0.307 e. The Labute approximate surface area is 125 Å². The van der Waals surface area contributed by atoms with Gasteiger partial charge in [-0.15, -0.1) is 0 Å². The third kappa shape index (κ3) is 3.27. The SMILES string of the molecule is CCN(CC(C)C(=O)O)C1CCS(=O)(=O)c2ccccc21. The van der Waals surface area contributed by atoms with Crippen LogP contribution in [0.5, 0.6) is 0 Å². The minimum atomic E-state index is -3.20. The zero-order chi connectivity index (χ0) is 15.6. The summed E-state index contributed by atoms with van der Waals surface area (Å²) in [6.07, 6.45) is 0.513. The molecule has 6 heteroatoms. The van der Waals surface area contributed by atoms with E-state index < -0.39 is 21.7 Å². The van der Waals surface area contributed by atoms with Gasteiger partial charge in [-0.2, -0.15) is 0 Å². The molecule has 0 aromatic heterocycles. The topological polar surface area (TPSA) is 74.7 Å². The minimum Gasteiger partial charge on any atom is -0.481 e. The molecule has 2 unspecified atom stereocenters. The summed E-state index contributed by atoms with van der Waals surface area (Å²) in [7, 11) is -3.20. The Balaban J connectivity index is 2.34. The summed E-state index contributed by atoms with van der Waals surface area (Å²) in [6, 6.07) is 7.02. The largest absolute Gasteiger partial charge is 0.481 e. The summed E-state index contributed by atoms with van der Waals surface area (Å²) >= 11 is 0. The van der Waals surface area contributed by atoms with Gasteiger partial charge in [0.15, 0.2) is 9.84 Å². The normalized spacial score (nSPS) is 21.8. The number of aliphatic carboxylic acids is 1. The Kier molecular flexibility index (Phi) is 4.68. The number of fused-ring (bicyclic) bond motifs is 1. The number of hydrogen-bond donors (Lipinski definition) is 1. The van der Waals surface area contributed by atoms with Crippen LogP contribution in [0.25, 0.3) is 0 Å². The summed E-state index contributed by atoms with van der Waals surface area (Å²) in [5, 5.41) is 9.08. The van der Waals surface area contributed by atoms with Gasteiger partial charge in [0.1, 0.15) is 0 Å². The highest BCUT2D eigenvalue weighted by atomic mass is 32.2. The summed E-state index contributed by atoms with van der Waals surface area (Å²) < 4.78 is 24.3. The first-order chi connectivity index (χ1) is 9.86. The molecule has 1 aliphatic heterocycles. The molecule has 2 atom stereocenters. The highest BCUT2D eigenvalue weighted by Crippen LogP contribution is 2.36. The second-order valence-corrected chi connectivity index (χ2v) is 7.57. The average Bonchev–Trinajstić information content (AvgIpc) is 2.45. The van der Waals surface area contributed by atoms with Crippen molar-refractivity contribution in [3.8, 4) is 0 Å². The highest BCUT2D eigenvalue weighted by Gasteiger charge is 2.33. The van der Waals surface area contributed by atoms with Crippen LogP contribution in [0, 0.1) is 5.92 Å². The van der Waals surface area contributed by atoms with Crippen LogP contribution >= 0.6 is 0 Å². The molecule has 0 amide bonds. The van der Waals surface area contributed by atoms with E-state index in [1.165, 1.54) is 0 Å². The fraction of sp³-hybridized carbons (Fsp3) is 0.533. The minimum absolute atomic E-state index is 0.0310. The molecule has 116 valence electrons. The van der Waals surface area contributed by atoms with E-state index >= 15 is 0 Å². The maximum atomic E-state index is 12.1. The lowest BCUT2D eigenvalue weighted by Gasteiger charge is -2.35. The van der Waals surface area contributed by atoms with Crippen molar-refractivity contribution in [2.75, 3.05) is 18.8 Å². The molecule has 2 rings (SSSR count). The molecule has 1 heterocycles. The van der Waals surface area contributed by atoms with Crippen molar-refractivity contribution in [1.82, 2.24) is 4.90 Å². The Hall–Kier alpha value is -1.40. The van der Waals surface area contributed by atoms with E-state index in [0.717, 1.165) is 5.56 Å². The predicted molar refractivity (Wildman–Crippen MR) is 79.9 cm³/mol. The number of carboxylic acid groups (broad SMARTS) is 1. The summed E-state index contributed by atoms with van der Waals surface area (Å²) in [5.41, 5.74) is 0.795. The molecule has 1 aromatic carbocycles. The molecule has 0 radical (unpaired) electrons. The summed E-state index contributed by atoms with van der Waals surface area (Å²) in [4.78, 5) is 13.5. The molecule has 0 spiro atoms. The van der Waals surface area contributed by atoms with Crippen molar-refractivity contribution < 1.29 is 18.3 Å². The molecular formula is C15H21NO4S. The van der Waals surface area contributed by atoms with Gasteiger partial charge < -0.3 is 5.11 Å². The molecule has 1 aromatic rings. The van der Waals surface area contributed by atoms with Gasteiger partial charge in [-0.25, -0.2) is 8.42 Å². The highest BCUT2D eigenvalue weighted by molar-refractivity contribution is 7.91. The van der Waals surface area contributed by atoms with Gasteiger partial charge in [0, 0.05) is 12.6 Å². The summed E-state index contributed by atoms with van der Waals surface area (Å²) in [6.45, 7) is 4.76. The first kappa shape index (κ1) is 16.0. The first-order valence-corrected chi connectivity index (χ1v) is 8.80. The molecule has 0 aliphatic carbocycles. The molecule has 1 N–H and O–H groups in total. The van der Waals surface area contributed by atoms with E-state index in [4.69, 9.17) is 5.11 Å². The fourth-order valence-electron chi connectivity index (χ4n) is 2.86. The van der Waals surface area contributed by atoms with Gasteiger partial charge >= 0.3 is 5.97 Å². The number of hydrogen-bond acceptors (Lipinski definition) is 4. The lowest BCUT2D eigenvalue weighted by Crippen LogP contribution is -2.38. The number of rotatable bonds is 5. The Morgan fingerprint density at radius 2 is 2.10 bits per heavy atom. The standard InChI is InChI=1S/C15H21NO4S/c1-3-16(10-11(2)15(17)18)13-8-9-21(19,20)14-7-5-4-6-12(13)14/h4-7,11,13H,3,8-10H2,1-2H3,(H,17,18). The zero-order valence-electron chi connectivity index (χ0n) is 12.3. The van der Waals surface area contributed by atoms with Crippen LogP contribution in [-0.4, -0.2) is 43.2 Å². The maximum absolute atomic E-state index is 12.1. The van der Waals surface area contributed by atoms with Crippen molar-refractivity contribution in [2.24, 2.45) is 5.92 Å². The van der Waals surface area contributed by atoms with Crippen molar-refractivity contribution in [1.29, 1.82) is 0 Å². The monoisotopic (exact) mass is 311 g/mol. The molecule has 0 saturated heterocycles. The van der Waals surface area contributed by atoms with E-state index in [2.05, 4.69) is 4.90 Å². The third-order valence-corrected chi connectivity index (χ3v) is 5.87. The van der Waals surface area contributed by atoms with Crippen molar-refractivity contribution >= 4 is 15.8 Å². The van der Waals surface area contributed by atoms with Crippen LogP contribution in [0.4, 0.5) is 0 Å². The molecule has 0 bridgehead atoms. The van der Waals surface area contributed by atoms with Crippen LogP contribution in [0.2, 0.25) is 0 Å². The lowest BCUT2D eigenvalue weighted by atomic mass is 10.0. The molecule has 0 fully saturated rings. The number of sulfone groups is 1. The Morgan fingerprint density at radius 3 is 2.71 bits per heavy atom. The molecule has 21 heavy (non-hydrogen) atoms. The van der Waals surface area contributed by atoms with Crippen molar-refractivity contribution in [2.45, 2.75) is 31.2 Å². The van der Waals surface area contributed by atoms with E-state index in [0.29, 0.717) is 24.4 Å².